The molecule has 20 heavy (non-hydrogen) atoms. The zero-order chi connectivity index (χ0) is 14.5. The van der Waals surface area contributed by atoms with Gasteiger partial charge in [0.1, 0.15) is 5.69 Å². The predicted molar refractivity (Wildman–Crippen MR) is 79.8 cm³/mol. The number of nitrogens with two attached hydrogens (primary N) is 2. The number of hydrogen-bond acceptors (Lipinski definition) is 4. The van der Waals surface area contributed by atoms with Gasteiger partial charge < -0.3 is 16.8 Å². The smallest absolute Gasteiger partial charge is 0.269 e. The van der Waals surface area contributed by atoms with Gasteiger partial charge in [0, 0.05) is 18.3 Å². The minimum atomic E-state index is -0.572. The number of carbonyl (C=O) groups is 2. The third kappa shape index (κ3) is 4.79. The Morgan fingerprint density at radius 2 is 1.90 bits per heavy atom. The summed E-state index contributed by atoms with van der Waals surface area (Å²) in [6, 6.07) is 2.94. The number of hydrogen-bond donors (Lipinski definition) is 3. The van der Waals surface area contributed by atoms with Crippen LogP contribution in [0.4, 0.5) is 0 Å². The van der Waals surface area contributed by atoms with Crippen LogP contribution in [0, 0.1) is 0 Å². The van der Waals surface area contributed by atoms with Crippen molar-refractivity contribution in [3.63, 3.8) is 0 Å². The summed E-state index contributed by atoms with van der Waals surface area (Å²) in [6.45, 7) is 4.35. The van der Waals surface area contributed by atoms with E-state index in [-0.39, 0.29) is 29.6 Å². The van der Waals surface area contributed by atoms with Gasteiger partial charge in [0.05, 0.1) is 5.56 Å². The van der Waals surface area contributed by atoms with Gasteiger partial charge in [0.15, 0.2) is 0 Å². The molecule has 1 rings (SSSR count). The first-order chi connectivity index (χ1) is 8.91. The standard InChI is InChI=1S/C13H20N4O2.ClH/c1-3-13(15,4-2)8-17-12(19)10-6-5-9(7-16-10)11(14)18;/h5-7H,3-4,8,15H2,1-2H3,(H2,14,18)(H,17,19);1H. The van der Waals surface area contributed by atoms with Gasteiger partial charge >= 0.3 is 0 Å². The van der Waals surface area contributed by atoms with Crippen LogP contribution in [0.1, 0.15) is 47.5 Å². The van der Waals surface area contributed by atoms with Gasteiger partial charge in [-0.25, -0.2) is 0 Å². The van der Waals surface area contributed by atoms with Crippen LogP contribution in [-0.2, 0) is 0 Å². The highest BCUT2D eigenvalue weighted by Crippen LogP contribution is 2.09. The molecule has 1 aromatic heterocycles. The summed E-state index contributed by atoms with van der Waals surface area (Å²) in [5.74, 6) is -0.884. The van der Waals surface area contributed by atoms with Crippen LogP contribution in [0.15, 0.2) is 18.3 Å². The SMILES string of the molecule is CCC(N)(CC)CNC(=O)c1ccc(C(N)=O)cn1.Cl. The predicted octanol–water partition coefficient (Wildman–Crippen LogP) is 0.850. The van der Waals surface area contributed by atoms with Gasteiger partial charge in [0.25, 0.3) is 5.91 Å². The fourth-order valence-electron chi connectivity index (χ4n) is 1.52. The van der Waals surface area contributed by atoms with E-state index in [0.29, 0.717) is 6.54 Å². The first-order valence-electron chi connectivity index (χ1n) is 6.25. The van der Waals surface area contributed by atoms with E-state index >= 15 is 0 Å². The highest BCUT2D eigenvalue weighted by atomic mass is 35.5. The van der Waals surface area contributed by atoms with E-state index in [1.54, 1.807) is 0 Å². The second kappa shape index (κ2) is 7.81. The van der Waals surface area contributed by atoms with E-state index in [2.05, 4.69) is 10.3 Å². The molecule has 0 saturated heterocycles. The molecule has 0 atom stereocenters. The number of nitrogens with one attached hydrogen (secondary N) is 1. The molecule has 1 aromatic rings. The Balaban J connectivity index is 0.00000361. The Kier molecular flexibility index (Phi) is 7.17. The van der Waals surface area contributed by atoms with Crippen LogP contribution in [-0.4, -0.2) is 28.9 Å². The third-order valence-corrected chi connectivity index (χ3v) is 3.29. The summed E-state index contributed by atoms with van der Waals surface area (Å²) in [5.41, 5.74) is 11.3. The van der Waals surface area contributed by atoms with Crippen molar-refractivity contribution in [2.45, 2.75) is 32.2 Å². The highest BCUT2D eigenvalue weighted by Gasteiger charge is 2.21. The topological polar surface area (TPSA) is 111 Å². The van der Waals surface area contributed by atoms with Crippen molar-refractivity contribution < 1.29 is 9.59 Å². The molecule has 0 saturated carbocycles. The molecule has 112 valence electrons. The normalized spacial score (nSPS) is 10.6. The lowest BCUT2D eigenvalue weighted by atomic mass is 9.94. The molecule has 0 bridgehead atoms. The lowest BCUT2D eigenvalue weighted by Crippen LogP contribution is -2.49. The molecule has 1 heterocycles. The number of rotatable bonds is 6. The quantitative estimate of drug-likeness (QED) is 0.723. The Labute approximate surface area is 124 Å². The van der Waals surface area contributed by atoms with Crippen LogP contribution in [0.25, 0.3) is 0 Å². The Bertz CT molecular complexity index is 458. The number of halogens is 1. The number of aromatic nitrogens is 1. The summed E-state index contributed by atoms with van der Waals surface area (Å²) < 4.78 is 0. The van der Waals surface area contributed by atoms with Gasteiger partial charge in [-0.15, -0.1) is 12.4 Å². The number of pyridine rings is 1. The second-order valence-electron chi connectivity index (χ2n) is 4.55. The molecule has 6 nitrogen and oxygen atoms in total. The summed E-state index contributed by atoms with van der Waals surface area (Å²) >= 11 is 0. The molecule has 0 unspecified atom stereocenters. The second-order valence-corrected chi connectivity index (χ2v) is 4.55. The van der Waals surface area contributed by atoms with Gasteiger partial charge in [-0.1, -0.05) is 13.8 Å². The molecule has 0 aromatic carbocycles. The number of primary amides is 1. The van der Waals surface area contributed by atoms with Crippen molar-refractivity contribution in [3.05, 3.63) is 29.6 Å². The maximum atomic E-state index is 11.9. The Morgan fingerprint density at radius 1 is 1.30 bits per heavy atom. The van der Waals surface area contributed by atoms with Crippen molar-refractivity contribution in [3.8, 4) is 0 Å². The molecule has 0 spiro atoms. The summed E-state index contributed by atoms with van der Waals surface area (Å²) in [5, 5.41) is 2.75. The van der Waals surface area contributed by atoms with E-state index in [1.807, 2.05) is 13.8 Å². The first-order valence-corrected chi connectivity index (χ1v) is 6.25. The maximum absolute atomic E-state index is 11.9. The molecule has 0 radical (unpaired) electrons. The van der Waals surface area contributed by atoms with Crippen LogP contribution >= 0.6 is 12.4 Å². The van der Waals surface area contributed by atoms with Gasteiger partial charge in [-0.2, -0.15) is 0 Å². The maximum Gasteiger partial charge on any atom is 0.269 e. The van der Waals surface area contributed by atoms with Gasteiger partial charge in [-0.05, 0) is 25.0 Å². The van der Waals surface area contributed by atoms with Crippen molar-refractivity contribution in [2.24, 2.45) is 11.5 Å². The van der Waals surface area contributed by atoms with Crippen molar-refractivity contribution in [2.75, 3.05) is 6.54 Å². The van der Waals surface area contributed by atoms with Crippen LogP contribution in [0.3, 0.4) is 0 Å². The average molecular weight is 301 g/mol. The fourth-order valence-corrected chi connectivity index (χ4v) is 1.52. The molecular weight excluding hydrogens is 280 g/mol. The molecule has 0 aliphatic rings. The van der Waals surface area contributed by atoms with Crippen molar-refractivity contribution in [1.82, 2.24) is 10.3 Å². The monoisotopic (exact) mass is 300 g/mol. The van der Waals surface area contributed by atoms with Crippen LogP contribution in [0.2, 0.25) is 0 Å². The van der Waals surface area contributed by atoms with E-state index in [1.165, 1.54) is 18.3 Å². The Hall–Kier alpha value is -1.66. The van der Waals surface area contributed by atoms with E-state index < -0.39 is 11.4 Å². The fraction of sp³-hybridized carbons (Fsp3) is 0.462. The Morgan fingerprint density at radius 3 is 2.30 bits per heavy atom. The summed E-state index contributed by atoms with van der Waals surface area (Å²) in [7, 11) is 0. The molecule has 0 aliphatic carbocycles. The number of nitrogens with zero attached hydrogens (tertiary/aromatic N) is 1. The van der Waals surface area contributed by atoms with Gasteiger partial charge in [-0.3, -0.25) is 14.6 Å². The van der Waals surface area contributed by atoms with E-state index in [4.69, 9.17) is 11.5 Å². The number of amides is 2. The molecule has 0 aliphatic heterocycles. The highest BCUT2D eigenvalue weighted by molar-refractivity contribution is 5.95. The minimum Gasteiger partial charge on any atom is -0.366 e. The lowest BCUT2D eigenvalue weighted by molar-refractivity contribution is 0.0934. The average Bonchev–Trinajstić information content (AvgIpc) is 2.44. The van der Waals surface area contributed by atoms with E-state index in [9.17, 15) is 9.59 Å². The van der Waals surface area contributed by atoms with Crippen LogP contribution < -0.4 is 16.8 Å². The molecule has 7 heteroatoms. The lowest BCUT2D eigenvalue weighted by Gasteiger charge is -2.26. The minimum absolute atomic E-state index is 0. The zero-order valence-corrected chi connectivity index (χ0v) is 12.5. The van der Waals surface area contributed by atoms with Crippen LogP contribution in [0.5, 0.6) is 0 Å². The van der Waals surface area contributed by atoms with E-state index in [0.717, 1.165) is 12.8 Å². The number of carbonyl (C=O) groups excluding carboxylic acids is 2. The summed E-state index contributed by atoms with van der Waals surface area (Å²) in [4.78, 5) is 26.6. The molecule has 0 fully saturated rings. The summed E-state index contributed by atoms with van der Waals surface area (Å²) in [6.07, 6.45) is 2.84. The molecular formula is C13H21ClN4O2. The van der Waals surface area contributed by atoms with Crippen molar-refractivity contribution >= 4 is 24.2 Å². The first kappa shape index (κ1) is 18.3. The third-order valence-electron chi connectivity index (χ3n) is 3.29. The van der Waals surface area contributed by atoms with Gasteiger partial charge in [0.2, 0.25) is 5.91 Å². The largest absolute Gasteiger partial charge is 0.366 e. The zero-order valence-electron chi connectivity index (χ0n) is 11.7. The molecule has 5 N–H and O–H groups in total. The molecule has 2 amide bonds. The van der Waals surface area contributed by atoms with Crippen molar-refractivity contribution in [1.29, 1.82) is 0 Å².